The molecule has 2 aromatic rings. The maximum absolute atomic E-state index is 13.4. The molecular formula is C22H25FN2O3. The highest BCUT2D eigenvalue weighted by atomic mass is 19.1. The van der Waals surface area contributed by atoms with E-state index in [-0.39, 0.29) is 23.9 Å². The Labute approximate surface area is 164 Å². The van der Waals surface area contributed by atoms with Crippen molar-refractivity contribution in [1.82, 2.24) is 5.32 Å². The van der Waals surface area contributed by atoms with E-state index in [9.17, 15) is 9.18 Å². The van der Waals surface area contributed by atoms with Gasteiger partial charge in [-0.2, -0.15) is 0 Å². The monoisotopic (exact) mass is 384 g/mol. The van der Waals surface area contributed by atoms with Gasteiger partial charge in [-0.3, -0.25) is 4.79 Å². The molecule has 2 aliphatic rings. The minimum absolute atomic E-state index is 0.116. The molecular weight excluding hydrogens is 359 g/mol. The van der Waals surface area contributed by atoms with Gasteiger partial charge in [0.25, 0.3) is 0 Å². The minimum atomic E-state index is -0.655. The molecule has 1 fully saturated rings. The first-order valence-corrected chi connectivity index (χ1v) is 9.82. The Morgan fingerprint density at radius 3 is 2.71 bits per heavy atom. The third-order valence-electron chi connectivity index (χ3n) is 4.99. The summed E-state index contributed by atoms with van der Waals surface area (Å²) in [4.78, 5) is 12.9. The van der Waals surface area contributed by atoms with Crippen LogP contribution in [0.25, 0.3) is 0 Å². The van der Waals surface area contributed by atoms with E-state index in [2.05, 4.69) is 10.6 Å². The molecule has 0 unspecified atom stereocenters. The summed E-state index contributed by atoms with van der Waals surface area (Å²) in [5.41, 5.74) is 2.48. The number of ether oxygens (including phenoxy) is 2. The average Bonchev–Trinajstić information content (AvgIpc) is 3.40. The summed E-state index contributed by atoms with van der Waals surface area (Å²) in [5, 5.41) is 6.34. The first-order valence-electron chi connectivity index (χ1n) is 9.82. The second-order valence-electron chi connectivity index (χ2n) is 7.43. The summed E-state index contributed by atoms with van der Waals surface area (Å²) in [5.74, 6) is 1.02. The van der Waals surface area contributed by atoms with E-state index in [0.717, 1.165) is 30.6 Å². The number of nitrogens with one attached hydrogen (secondary N) is 2. The lowest BCUT2D eigenvalue weighted by molar-refractivity contribution is -0.122. The van der Waals surface area contributed by atoms with E-state index in [1.54, 1.807) is 12.1 Å². The maximum atomic E-state index is 13.4. The molecule has 0 aromatic heterocycles. The highest BCUT2D eigenvalue weighted by Gasteiger charge is 2.30. The lowest BCUT2D eigenvalue weighted by Crippen LogP contribution is -2.35. The summed E-state index contributed by atoms with van der Waals surface area (Å²) in [6, 6.07) is 9.44. The van der Waals surface area contributed by atoms with E-state index >= 15 is 0 Å². The third kappa shape index (κ3) is 4.06. The molecule has 1 heterocycles. The highest BCUT2D eigenvalue weighted by Crippen LogP contribution is 2.39. The lowest BCUT2D eigenvalue weighted by atomic mass is 10.0. The van der Waals surface area contributed by atoms with Crippen molar-refractivity contribution < 1.29 is 18.7 Å². The van der Waals surface area contributed by atoms with Crippen LogP contribution >= 0.6 is 0 Å². The smallest absolute Gasteiger partial charge is 0.247 e. The van der Waals surface area contributed by atoms with Gasteiger partial charge in [0.1, 0.15) is 29.5 Å². The van der Waals surface area contributed by atoms with Crippen molar-refractivity contribution in [1.29, 1.82) is 0 Å². The average molecular weight is 384 g/mol. The van der Waals surface area contributed by atoms with Crippen molar-refractivity contribution in [3.8, 4) is 11.5 Å². The molecule has 4 rings (SSSR count). The molecule has 1 amide bonds. The largest absolute Gasteiger partial charge is 0.492 e. The summed E-state index contributed by atoms with van der Waals surface area (Å²) < 4.78 is 25.1. The summed E-state index contributed by atoms with van der Waals surface area (Å²) >= 11 is 0. The Balaban J connectivity index is 1.66. The topological polar surface area (TPSA) is 59.6 Å². The second kappa shape index (κ2) is 7.70. The second-order valence-corrected chi connectivity index (χ2v) is 7.43. The molecule has 2 atom stereocenters. The molecule has 2 N–H and O–H groups in total. The molecule has 5 nitrogen and oxygen atoms in total. The SMILES string of the molecule is CCOc1cc2c(cc1N[C@H](C(=O)NC1CC1)c1ccc(F)cc1)O[C@@H](C)C2. The van der Waals surface area contributed by atoms with Gasteiger partial charge >= 0.3 is 0 Å². The maximum Gasteiger partial charge on any atom is 0.247 e. The van der Waals surface area contributed by atoms with Crippen molar-refractivity contribution in [2.24, 2.45) is 0 Å². The molecule has 148 valence electrons. The van der Waals surface area contributed by atoms with Crippen molar-refractivity contribution in [2.75, 3.05) is 11.9 Å². The molecule has 2 aromatic carbocycles. The van der Waals surface area contributed by atoms with Crippen LogP contribution in [0.15, 0.2) is 36.4 Å². The lowest BCUT2D eigenvalue weighted by Gasteiger charge is -2.22. The number of carbonyl (C=O) groups excluding carboxylic acids is 1. The normalized spacial score (nSPS) is 18.8. The zero-order valence-electron chi connectivity index (χ0n) is 16.1. The van der Waals surface area contributed by atoms with Crippen molar-refractivity contribution in [2.45, 2.75) is 51.3 Å². The van der Waals surface area contributed by atoms with Gasteiger partial charge in [-0.05, 0) is 50.5 Å². The minimum Gasteiger partial charge on any atom is -0.492 e. The quantitative estimate of drug-likeness (QED) is 0.758. The van der Waals surface area contributed by atoms with Crippen LogP contribution in [-0.2, 0) is 11.2 Å². The molecule has 0 spiro atoms. The number of rotatable bonds is 7. The van der Waals surface area contributed by atoms with Crippen LogP contribution in [0.4, 0.5) is 10.1 Å². The Hall–Kier alpha value is -2.76. The van der Waals surface area contributed by atoms with Gasteiger partial charge < -0.3 is 20.1 Å². The van der Waals surface area contributed by atoms with E-state index < -0.39 is 6.04 Å². The van der Waals surface area contributed by atoms with Gasteiger partial charge in [0.2, 0.25) is 5.91 Å². The van der Waals surface area contributed by atoms with E-state index in [1.807, 2.05) is 26.0 Å². The van der Waals surface area contributed by atoms with Crippen molar-refractivity contribution in [3.63, 3.8) is 0 Å². The Kier molecular flexibility index (Phi) is 5.11. The number of anilines is 1. The van der Waals surface area contributed by atoms with Crippen LogP contribution < -0.4 is 20.1 Å². The van der Waals surface area contributed by atoms with Gasteiger partial charge in [0.05, 0.1) is 12.3 Å². The van der Waals surface area contributed by atoms with Gasteiger partial charge in [-0.25, -0.2) is 4.39 Å². The van der Waals surface area contributed by atoms with E-state index in [1.165, 1.54) is 12.1 Å². The molecule has 1 aliphatic heterocycles. The van der Waals surface area contributed by atoms with Gasteiger partial charge in [0, 0.05) is 24.1 Å². The summed E-state index contributed by atoms with van der Waals surface area (Å²) in [6.45, 7) is 4.46. The zero-order valence-corrected chi connectivity index (χ0v) is 16.1. The Morgan fingerprint density at radius 2 is 2.04 bits per heavy atom. The first-order chi connectivity index (χ1) is 13.5. The predicted molar refractivity (Wildman–Crippen MR) is 105 cm³/mol. The van der Waals surface area contributed by atoms with E-state index in [4.69, 9.17) is 9.47 Å². The Bertz CT molecular complexity index is 865. The molecule has 0 saturated heterocycles. The first kappa shape index (κ1) is 18.6. The number of carbonyl (C=O) groups is 1. The standard InChI is InChI=1S/C22H25FN2O3/c1-3-27-20-11-15-10-13(2)28-19(15)12-18(20)25-21(22(26)24-17-8-9-17)14-4-6-16(23)7-5-14/h4-7,11-13,17,21,25H,3,8-10H2,1-2H3,(H,24,26)/t13-,21-/m0/s1. The molecule has 0 radical (unpaired) electrons. The number of amides is 1. The van der Waals surface area contributed by atoms with Gasteiger partial charge in [-0.15, -0.1) is 0 Å². The number of hydrogen-bond donors (Lipinski definition) is 2. The van der Waals surface area contributed by atoms with Crippen molar-refractivity contribution in [3.05, 3.63) is 53.3 Å². The number of halogens is 1. The van der Waals surface area contributed by atoms with Crippen LogP contribution in [0.3, 0.4) is 0 Å². The van der Waals surface area contributed by atoms with Crippen molar-refractivity contribution >= 4 is 11.6 Å². The fourth-order valence-electron chi connectivity index (χ4n) is 3.45. The predicted octanol–water partition coefficient (Wildman–Crippen LogP) is 3.98. The van der Waals surface area contributed by atoms with E-state index in [0.29, 0.717) is 23.6 Å². The van der Waals surface area contributed by atoms with Crippen LogP contribution in [0.2, 0.25) is 0 Å². The highest BCUT2D eigenvalue weighted by molar-refractivity contribution is 5.87. The van der Waals surface area contributed by atoms with Crippen LogP contribution in [0, 0.1) is 5.82 Å². The number of hydrogen-bond acceptors (Lipinski definition) is 4. The molecule has 0 bridgehead atoms. The molecule has 1 saturated carbocycles. The fraction of sp³-hybridized carbons (Fsp3) is 0.409. The number of fused-ring (bicyclic) bond motifs is 1. The number of benzene rings is 2. The third-order valence-corrected chi connectivity index (χ3v) is 4.99. The molecule has 28 heavy (non-hydrogen) atoms. The van der Waals surface area contributed by atoms with Crippen LogP contribution in [0.5, 0.6) is 11.5 Å². The Morgan fingerprint density at radius 1 is 1.29 bits per heavy atom. The fourth-order valence-corrected chi connectivity index (χ4v) is 3.45. The molecule has 6 heteroatoms. The van der Waals surface area contributed by atoms with Gasteiger partial charge in [0.15, 0.2) is 0 Å². The van der Waals surface area contributed by atoms with Gasteiger partial charge in [-0.1, -0.05) is 12.1 Å². The summed E-state index contributed by atoms with van der Waals surface area (Å²) in [7, 11) is 0. The van der Waals surface area contributed by atoms with Crippen LogP contribution in [0.1, 0.15) is 43.9 Å². The summed E-state index contributed by atoms with van der Waals surface area (Å²) in [6.07, 6.45) is 2.94. The molecule has 1 aliphatic carbocycles. The zero-order chi connectivity index (χ0) is 19.7. The van der Waals surface area contributed by atoms with Crippen LogP contribution in [-0.4, -0.2) is 24.7 Å².